The van der Waals surface area contributed by atoms with Crippen LogP contribution in [-0.2, 0) is 22.1 Å². The first kappa shape index (κ1) is 19.4. The maximum Gasteiger partial charge on any atom is 0.416 e. The van der Waals surface area contributed by atoms with Crippen molar-refractivity contribution in [2.24, 2.45) is 0 Å². The Bertz CT molecular complexity index is 773. The topological polar surface area (TPSA) is 55.4 Å². The molecule has 0 saturated heterocycles. The molecule has 0 unspecified atom stereocenters. The smallest absolute Gasteiger partial charge is 0.416 e. The molecular weight excluding hydrogens is 354 g/mol. The first-order chi connectivity index (χ1) is 12.3. The Morgan fingerprint density at radius 1 is 1.00 bits per heavy atom. The van der Waals surface area contributed by atoms with E-state index in [1.54, 1.807) is 18.2 Å². The third-order valence-corrected chi connectivity index (χ3v) is 3.46. The van der Waals surface area contributed by atoms with E-state index in [2.05, 4.69) is 5.32 Å². The predicted molar refractivity (Wildman–Crippen MR) is 84.8 cm³/mol. The molecule has 2 aromatic rings. The summed E-state index contributed by atoms with van der Waals surface area (Å²) in [4.78, 5) is 23.3. The molecule has 0 heterocycles. The lowest BCUT2D eigenvalue weighted by Gasteiger charge is -2.09. The van der Waals surface area contributed by atoms with Crippen molar-refractivity contribution < 1.29 is 31.9 Å². The molecule has 26 heavy (non-hydrogen) atoms. The molecular formula is C18H15F4NO3. The van der Waals surface area contributed by atoms with Crippen LogP contribution in [0.5, 0.6) is 0 Å². The van der Waals surface area contributed by atoms with Gasteiger partial charge in [0.05, 0.1) is 11.1 Å². The zero-order valence-electron chi connectivity index (χ0n) is 13.5. The summed E-state index contributed by atoms with van der Waals surface area (Å²) < 4.78 is 55.5. The highest BCUT2D eigenvalue weighted by molar-refractivity contribution is 5.91. The number of esters is 1. The number of hydrogen-bond donors (Lipinski definition) is 1. The second-order valence-corrected chi connectivity index (χ2v) is 5.34. The van der Waals surface area contributed by atoms with Crippen molar-refractivity contribution in [3.8, 4) is 0 Å². The molecule has 2 aromatic carbocycles. The van der Waals surface area contributed by atoms with E-state index in [-0.39, 0.29) is 24.3 Å². The van der Waals surface area contributed by atoms with Crippen LogP contribution < -0.4 is 5.32 Å². The second kappa shape index (κ2) is 8.46. The summed E-state index contributed by atoms with van der Waals surface area (Å²) in [6.45, 7) is -0.436. The van der Waals surface area contributed by atoms with Gasteiger partial charge < -0.3 is 10.1 Å². The van der Waals surface area contributed by atoms with E-state index in [1.165, 1.54) is 6.07 Å². The van der Waals surface area contributed by atoms with Crippen LogP contribution in [0.4, 0.5) is 17.6 Å². The number of carbonyl (C=O) groups excluding carboxylic acids is 2. The van der Waals surface area contributed by atoms with Gasteiger partial charge in [0.25, 0.3) is 5.91 Å². The Labute approximate surface area is 146 Å². The van der Waals surface area contributed by atoms with E-state index in [0.717, 1.165) is 24.3 Å². The number of rotatable bonds is 6. The van der Waals surface area contributed by atoms with Crippen LogP contribution in [0.2, 0.25) is 0 Å². The van der Waals surface area contributed by atoms with Crippen molar-refractivity contribution in [2.75, 3.05) is 13.2 Å². The SMILES string of the molecule is O=C(COC(=O)c1ccc(C(F)(F)F)cc1)NCCc1ccccc1F. The van der Waals surface area contributed by atoms with Gasteiger partial charge in [0.15, 0.2) is 6.61 Å². The number of hydrogen-bond acceptors (Lipinski definition) is 3. The lowest BCUT2D eigenvalue weighted by molar-refractivity contribution is -0.137. The fourth-order valence-electron chi connectivity index (χ4n) is 2.10. The first-order valence-corrected chi connectivity index (χ1v) is 7.62. The molecule has 0 aliphatic rings. The van der Waals surface area contributed by atoms with E-state index in [9.17, 15) is 27.2 Å². The summed E-state index contributed by atoms with van der Waals surface area (Å²) in [5, 5.41) is 2.46. The van der Waals surface area contributed by atoms with E-state index in [4.69, 9.17) is 4.74 Å². The second-order valence-electron chi connectivity index (χ2n) is 5.34. The molecule has 138 valence electrons. The summed E-state index contributed by atoms with van der Waals surface area (Å²) in [6, 6.07) is 9.58. The molecule has 4 nitrogen and oxygen atoms in total. The van der Waals surface area contributed by atoms with Gasteiger partial charge in [0.2, 0.25) is 0 Å². The molecule has 0 aliphatic heterocycles. The average molecular weight is 369 g/mol. The summed E-state index contributed by atoms with van der Waals surface area (Å²) in [5.74, 6) is -1.89. The number of halogens is 4. The fourth-order valence-corrected chi connectivity index (χ4v) is 2.10. The first-order valence-electron chi connectivity index (χ1n) is 7.62. The Balaban J connectivity index is 1.76. The summed E-state index contributed by atoms with van der Waals surface area (Å²) in [5.41, 5.74) is -0.549. The summed E-state index contributed by atoms with van der Waals surface area (Å²) in [6.07, 6.45) is -4.23. The van der Waals surface area contributed by atoms with E-state index in [0.29, 0.717) is 5.56 Å². The number of nitrogens with one attached hydrogen (secondary N) is 1. The molecule has 0 saturated carbocycles. The van der Waals surface area contributed by atoms with E-state index < -0.39 is 30.2 Å². The van der Waals surface area contributed by atoms with Gasteiger partial charge in [-0.2, -0.15) is 13.2 Å². The summed E-state index contributed by atoms with van der Waals surface area (Å²) >= 11 is 0. The zero-order chi connectivity index (χ0) is 19.2. The van der Waals surface area contributed by atoms with E-state index in [1.807, 2.05) is 0 Å². The van der Waals surface area contributed by atoms with Crippen molar-refractivity contribution in [3.05, 3.63) is 71.0 Å². The molecule has 0 bridgehead atoms. The Kier molecular flexibility index (Phi) is 6.32. The quantitative estimate of drug-likeness (QED) is 0.628. The van der Waals surface area contributed by atoms with E-state index >= 15 is 0 Å². The van der Waals surface area contributed by atoms with Crippen LogP contribution in [0.3, 0.4) is 0 Å². The van der Waals surface area contributed by atoms with Gasteiger partial charge in [0.1, 0.15) is 5.82 Å². The molecule has 0 spiro atoms. The highest BCUT2D eigenvalue weighted by atomic mass is 19.4. The van der Waals surface area contributed by atoms with Gasteiger partial charge >= 0.3 is 12.1 Å². The van der Waals surface area contributed by atoms with Crippen LogP contribution in [0.15, 0.2) is 48.5 Å². The molecule has 0 fully saturated rings. The number of ether oxygens (including phenoxy) is 1. The minimum Gasteiger partial charge on any atom is -0.452 e. The van der Waals surface area contributed by atoms with Crippen LogP contribution in [0.25, 0.3) is 0 Å². The van der Waals surface area contributed by atoms with Gasteiger partial charge in [-0.1, -0.05) is 18.2 Å². The third-order valence-electron chi connectivity index (χ3n) is 3.46. The minimum absolute atomic E-state index is 0.0999. The molecule has 0 aromatic heterocycles. The standard InChI is InChI=1S/C18H15F4NO3/c19-15-4-2-1-3-12(15)9-10-23-16(24)11-26-17(25)13-5-7-14(8-6-13)18(20,21)22/h1-8H,9-11H2,(H,23,24). The largest absolute Gasteiger partial charge is 0.452 e. The van der Waals surface area contributed by atoms with Crippen molar-refractivity contribution in [1.29, 1.82) is 0 Å². The minimum atomic E-state index is -4.50. The third kappa shape index (κ3) is 5.58. The van der Waals surface area contributed by atoms with Gasteiger partial charge in [-0.25, -0.2) is 9.18 Å². The number of amides is 1. The fraction of sp³-hybridized carbons (Fsp3) is 0.222. The number of alkyl halides is 3. The van der Waals surface area contributed by atoms with Gasteiger partial charge in [0, 0.05) is 6.54 Å². The van der Waals surface area contributed by atoms with Crippen molar-refractivity contribution in [1.82, 2.24) is 5.32 Å². The Hall–Kier alpha value is -2.90. The predicted octanol–water partition coefficient (Wildman–Crippen LogP) is 3.36. The molecule has 0 atom stereocenters. The van der Waals surface area contributed by atoms with Crippen molar-refractivity contribution in [2.45, 2.75) is 12.6 Å². The van der Waals surface area contributed by atoms with Crippen molar-refractivity contribution >= 4 is 11.9 Å². The highest BCUT2D eigenvalue weighted by Gasteiger charge is 2.30. The molecule has 0 radical (unpaired) electrons. The summed E-state index contributed by atoms with van der Waals surface area (Å²) in [7, 11) is 0. The van der Waals surface area contributed by atoms with Crippen molar-refractivity contribution in [3.63, 3.8) is 0 Å². The lowest BCUT2D eigenvalue weighted by atomic mass is 10.1. The monoisotopic (exact) mass is 369 g/mol. The Morgan fingerprint density at radius 3 is 2.27 bits per heavy atom. The number of carbonyl (C=O) groups is 2. The van der Waals surface area contributed by atoms with Gasteiger partial charge in [-0.3, -0.25) is 4.79 Å². The highest BCUT2D eigenvalue weighted by Crippen LogP contribution is 2.29. The maximum absolute atomic E-state index is 13.4. The van der Waals surface area contributed by atoms with Crippen LogP contribution in [0.1, 0.15) is 21.5 Å². The maximum atomic E-state index is 13.4. The van der Waals surface area contributed by atoms with Crippen LogP contribution >= 0.6 is 0 Å². The molecule has 8 heteroatoms. The average Bonchev–Trinajstić information content (AvgIpc) is 2.60. The molecule has 2 rings (SSSR count). The normalized spacial score (nSPS) is 11.1. The Morgan fingerprint density at radius 2 is 1.65 bits per heavy atom. The number of benzene rings is 2. The molecule has 1 amide bonds. The zero-order valence-corrected chi connectivity index (χ0v) is 13.5. The molecule has 1 N–H and O–H groups in total. The lowest BCUT2D eigenvalue weighted by Crippen LogP contribution is -2.30. The van der Waals surface area contributed by atoms with Gasteiger partial charge in [-0.05, 0) is 42.3 Å². The van der Waals surface area contributed by atoms with Gasteiger partial charge in [-0.15, -0.1) is 0 Å². The van der Waals surface area contributed by atoms with Crippen LogP contribution in [-0.4, -0.2) is 25.0 Å². The molecule has 0 aliphatic carbocycles. The van der Waals surface area contributed by atoms with Crippen LogP contribution in [0, 0.1) is 5.82 Å².